The van der Waals surface area contributed by atoms with Crippen LogP contribution in [0.5, 0.6) is 0 Å². The van der Waals surface area contributed by atoms with Gasteiger partial charge in [0.1, 0.15) is 0 Å². The third-order valence-corrected chi connectivity index (χ3v) is 3.71. The molecule has 0 spiro atoms. The van der Waals surface area contributed by atoms with Crippen LogP contribution >= 0.6 is 0 Å². The Labute approximate surface area is 121 Å². The van der Waals surface area contributed by atoms with Crippen LogP contribution in [0.4, 0.5) is 11.5 Å². The number of pyridine rings is 1. The molecular weight excluding hydrogens is 294 g/mol. The second kappa shape index (κ2) is 5.88. The van der Waals surface area contributed by atoms with Crippen LogP contribution < -0.4 is 5.32 Å². The van der Waals surface area contributed by atoms with Crippen LogP contribution in [0.3, 0.4) is 0 Å². The molecule has 7 nitrogen and oxygen atoms in total. The molecule has 0 radical (unpaired) electrons. The van der Waals surface area contributed by atoms with E-state index in [-0.39, 0.29) is 16.5 Å². The molecule has 0 amide bonds. The summed E-state index contributed by atoms with van der Waals surface area (Å²) in [4.78, 5) is 14.2. The molecule has 8 heteroatoms. The average Bonchev–Trinajstić information content (AvgIpc) is 2.45. The lowest BCUT2D eigenvalue weighted by Crippen LogP contribution is -2.08. The molecule has 0 aliphatic carbocycles. The Morgan fingerprint density at radius 1 is 1.19 bits per heavy atom. The molecule has 1 N–H and O–H groups in total. The SMILES string of the molecule is CS(=O)(=O)c1ccc([N+](=O)[O-])c(NCc2ccccc2)n1. The van der Waals surface area contributed by atoms with Crippen molar-refractivity contribution in [2.45, 2.75) is 11.6 Å². The topological polar surface area (TPSA) is 102 Å². The van der Waals surface area contributed by atoms with Crippen molar-refractivity contribution in [3.63, 3.8) is 0 Å². The minimum Gasteiger partial charge on any atom is -0.360 e. The summed E-state index contributed by atoms with van der Waals surface area (Å²) in [7, 11) is -3.52. The van der Waals surface area contributed by atoms with Crippen molar-refractivity contribution in [1.29, 1.82) is 0 Å². The quantitative estimate of drug-likeness (QED) is 0.669. The van der Waals surface area contributed by atoms with Crippen molar-refractivity contribution in [2.24, 2.45) is 0 Å². The fraction of sp³-hybridized carbons (Fsp3) is 0.154. The fourth-order valence-corrected chi connectivity index (χ4v) is 2.27. The molecule has 21 heavy (non-hydrogen) atoms. The van der Waals surface area contributed by atoms with Gasteiger partial charge >= 0.3 is 5.69 Å². The number of sulfone groups is 1. The van der Waals surface area contributed by atoms with Crippen molar-refractivity contribution >= 4 is 21.3 Å². The van der Waals surface area contributed by atoms with E-state index in [0.717, 1.165) is 24.0 Å². The van der Waals surface area contributed by atoms with Gasteiger partial charge < -0.3 is 5.32 Å². The molecule has 0 bridgehead atoms. The number of nitrogens with one attached hydrogen (secondary N) is 1. The average molecular weight is 307 g/mol. The molecule has 0 unspecified atom stereocenters. The summed E-state index contributed by atoms with van der Waals surface area (Å²) >= 11 is 0. The maximum absolute atomic E-state index is 11.5. The monoisotopic (exact) mass is 307 g/mol. The van der Waals surface area contributed by atoms with Crippen molar-refractivity contribution in [1.82, 2.24) is 4.98 Å². The number of aromatic nitrogens is 1. The highest BCUT2D eigenvalue weighted by Crippen LogP contribution is 2.24. The van der Waals surface area contributed by atoms with Gasteiger partial charge in [-0.2, -0.15) is 0 Å². The van der Waals surface area contributed by atoms with Crippen LogP contribution in [0.15, 0.2) is 47.5 Å². The van der Waals surface area contributed by atoms with E-state index < -0.39 is 14.8 Å². The lowest BCUT2D eigenvalue weighted by atomic mass is 10.2. The summed E-state index contributed by atoms with van der Waals surface area (Å²) in [5, 5.41) is 13.6. The molecule has 1 aromatic heterocycles. The predicted octanol–water partition coefficient (Wildman–Crippen LogP) is 2.01. The van der Waals surface area contributed by atoms with Crippen LogP contribution in [0.2, 0.25) is 0 Å². The molecule has 1 heterocycles. The summed E-state index contributed by atoms with van der Waals surface area (Å²) in [6.45, 7) is 0.307. The summed E-state index contributed by atoms with van der Waals surface area (Å²) in [5.41, 5.74) is 0.636. The Hall–Kier alpha value is -2.48. The fourth-order valence-electron chi connectivity index (χ4n) is 1.70. The van der Waals surface area contributed by atoms with Gasteiger partial charge in [0.2, 0.25) is 5.82 Å². The third kappa shape index (κ3) is 3.76. The van der Waals surface area contributed by atoms with Gasteiger partial charge in [-0.3, -0.25) is 10.1 Å². The van der Waals surface area contributed by atoms with Crippen LogP contribution in [-0.4, -0.2) is 24.6 Å². The Bertz CT molecular complexity index is 760. The smallest absolute Gasteiger partial charge is 0.311 e. The van der Waals surface area contributed by atoms with Crippen molar-refractivity contribution < 1.29 is 13.3 Å². The minimum absolute atomic E-state index is 0.0632. The molecule has 0 fully saturated rings. The number of hydrogen-bond acceptors (Lipinski definition) is 6. The summed E-state index contributed by atoms with van der Waals surface area (Å²) in [5.74, 6) is -0.0632. The molecule has 2 aromatic rings. The van der Waals surface area contributed by atoms with Crippen molar-refractivity contribution in [2.75, 3.05) is 11.6 Å². The number of rotatable bonds is 5. The number of benzene rings is 1. The Balaban J connectivity index is 2.33. The molecule has 0 saturated heterocycles. The first-order valence-corrected chi connectivity index (χ1v) is 7.90. The van der Waals surface area contributed by atoms with E-state index in [4.69, 9.17) is 0 Å². The number of anilines is 1. The van der Waals surface area contributed by atoms with Gasteiger partial charge in [-0.05, 0) is 11.6 Å². The number of hydrogen-bond donors (Lipinski definition) is 1. The minimum atomic E-state index is -3.52. The summed E-state index contributed by atoms with van der Waals surface area (Å²) in [6.07, 6.45) is 1.00. The molecule has 2 rings (SSSR count). The molecule has 0 aliphatic heterocycles. The Morgan fingerprint density at radius 2 is 1.86 bits per heavy atom. The number of nitrogens with zero attached hydrogens (tertiary/aromatic N) is 2. The van der Waals surface area contributed by atoms with Gasteiger partial charge in [0.05, 0.1) is 4.92 Å². The number of nitro groups is 1. The highest BCUT2D eigenvalue weighted by Gasteiger charge is 2.19. The van der Waals surface area contributed by atoms with Gasteiger partial charge in [-0.15, -0.1) is 0 Å². The predicted molar refractivity (Wildman–Crippen MR) is 77.8 cm³/mol. The van der Waals surface area contributed by atoms with Gasteiger partial charge in [-0.25, -0.2) is 13.4 Å². The molecule has 0 saturated carbocycles. The molecule has 1 aromatic carbocycles. The largest absolute Gasteiger partial charge is 0.360 e. The Kier molecular flexibility index (Phi) is 4.18. The van der Waals surface area contributed by atoms with E-state index in [1.165, 1.54) is 0 Å². The van der Waals surface area contributed by atoms with Crippen LogP contribution in [-0.2, 0) is 16.4 Å². The molecule has 0 aliphatic rings. The standard InChI is InChI=1S/C13H13N3O4S/c1-21(19,20)12-8-7-11(16(17)18)13(15-12)14-9-10-5-3-2-4-6-10/h2-8H,9H2,1H3,(H,14,15). The van der Waals surface area contributed by atoms with Gasteiger partial charge in [0, 0.05) is 18.9 Å². The molecule has 0 atom stereocenters. The van der Waals surface area contributed by atoms with Crippen LogP contribution in [0.1, 0.15) is 5.56 Å². The molecular formula is C13H13N3O4S. The van der Waals surface area contributed by atoms with E-state index in [9.17, 15) is 18.5 Å². The molecule has 110 valence electrons. The zero-order valence-electron chi connectivity index (χ0n) is 11.2. The first-order valence-electron chi connectivity index (χ1n) is 6.01. The first-order chi connectivity index (χ1) is 9.88. The van der Waals surface area contributed by atoms with Gasteiger partial charge in [-0.1, -0.05) is 30.3 Å². The van der Waals surface area contributed by atoms with Gasteiger partial charge in [0.15, 0.2) is 14.9 Å². The second-order valence-electron chi connectivity index (χ2n) is 4.39. The maximum Gasteiger partial charge on any atom is 0.311 e. The normalized spacial score (nSPS) is 11.1. The lowest BCUT2D eigenvalue weighted by molar-refractivity contribution is -0.384. The summed E-state index contributed by atoms with van der Waals surface area (Å²) < 4.78 is 23.0. The van der Waals surface area contributed by atoms with E-state index >= 15 is 0 Å². The lowest BCUT2D eigenvalue weighted by Gasteiger charge is -2.07. The van der Waals surface area contributed by atoms with E-state index in [0.29, 0.717) is 6.54 Å². The highest BCUT2D eigenvalue weighted by molar-refractivity contribution is 7.90. The second-order valence-corrected chi connectivity index (χ2v) is 6.35. The summed E-state index contributed by atoms with van der Waals surface area (Å²) in [6, 6.07) is 11.5. The maximum atomic E-state index is 11.5. The zero-order valence-corrected chi connectivity index (χ0v) is 12.0. The van der Waals surface area contributed by atoms with Crippen LogP contribution in [0, 0.1) is 10.1 Å². The van der Waals surface area contributed by atoms with E-state index in [1.807, 2.05) is 30.3 Å². The van der Waals surface area contributed by atoms with Crippen molar-refractivity contribution in [3.8, 4) is 0 Å². The van der Waals surface area contributed by atoms with Crippen LogP contribution in [0.25, 0.3) is 0 Å². The van der Waals surface area contributed by atoms with Crippen molar-refractivity contribution in [3.05, 3.63) is 58.1 Å². The van der Waals surface area contributed by atoms with Gasteiger partial charge in [0.25, 0.3) is 0 Å². The Morgan fingerprint density at radius 3 is 2.43 bits per heavy atom. The first kappa shape index (κ1) is 14.9. The third-order valence-electron chi connectivity index (χ3n) is 2.73. The zero-order chi connectivity index (χ0) is 15.5. The highest BCUT2D eigenvalue weighted by atomic mass is 32.2. The van der Waals surface area contributed by atoms with E-state index in [1.54, 1.807) is 0 Å². The van der Waals surface area contributed by atoms with E-state index in [2.05, 4.69) is 10.3 Å².